The zero-order chi connectivity index (χ0) is 13.9. The van der Waals surface area contributed by atoms with Crippen molar-refractivity contribution >= 4 is 11.6 Å². The molecule has 0 aromatic carbocycles. The highest BCUT2D eigenvalue weighted by molar-refractivity contribution is 6.31. The smallest absolute Gasteiger partial charge is 0.0850 e. The average Bonchev–Trinajstić information content (AvgIpc) is 2.60. The van der Waals surface area contributed by atoms with Crippen LogP contribution in [0.25, 0.3) is 0 Å². The Hall–Kier alpha value is -0.540. The minimum Gasteiger partial charge on any atom is -0.316 e. The third kappa shape index (κ3) is 3.27. The van der Waals surface area contributed by atoms with Crippen molar-refractivity contribution in [1.29, 1.82) is 0 Å². The van der Waals surface area contributed by atoms with Gasteiger partial charge in [0.05, 0.1) is 16.4 Å². The number of hydrogen-bond acceptors (Lipinski definition) is 2. The summed E-state index contributed by atoms with van der Waals surface area (Å²) >= 11 is 6.45. The van der Waals surface area contributed by atoms with Gasteiger partial charge in [-0.2, -0.15) is 5.10 Å². The second-order valence-corrected chi connectivity index (χ2v) is 6.17. The molecule has 104 valence electrons. The van der Waals surface area contributed by atoms with Crippen LogP contribution in [0, 0.1) is 5.41 Å². The van der Waals surface area contributed by atoms with E-state index >= 15 is 0 Å². The molecule has 1 aromatic heterocycles. The van der Waals surface area contributed by atoms with E-state index in [-0.39, 0.29) is 5.41 Å². The highest BCUT2D eigenvalue weighted by atomic mass is 35.5. The summed E-state index contributed by atoms with van der Waals surface area (Å²) in [5.41, 5.74) is 2.37. The van der Waals surface area contributed by atoms with Crippen molar-refractivity contribution in [1.82, 2.24) is 15.1 Å². The lowest BCUT2D eigenvalue weighted by Gasteiger charge is -2.30. The van der Waals surface area contributed by atoms with Gasteiger partial charge in [-0.05, 0) is 25.8 Å². The lowest BCUT2D eigenvalue weighted by atomic mass is 9.84. The molecule has 0 aliphatic rings. The number of nitrogens with zero attached hydrogens (tertiary/aromatic N) is 2. The molecule has 1 N–H and O–H groups in total. The van der Waals surface area contributed by atoms with Crippen molar-refractivity contribution in [3.63, 3.8) is 0 Å². The lowest BCUT2D eigenvalue weighted by molar-refractivity contribution is 0.275. The quantitative estimate of drug-likeness (QED) is 0.891. The predicted octanol–water partition coefficient (Wildman–Crippen LogP) is 3.30. The van der Waals surface area contributed by atoms with Gasteiger partial charge in [-0.15, -0.1) is 0 Å². The highest BCUT2D eigenvalue weighted by Crippen LogP contribution is 2.27. The van der Waals surface area contributed by atoms with Crippen LogP contribution >= 0.6 is 11.6 Å². The van der Waals surface area contributed by atoms with E-state index in [1.54, 1.807) is 0 Å². The Morgan fingerprint density at radius 3 is 2.33 bits per heavy atom. The Morgan fingerprint density at radius 1 is 1.33 bits per heavy atom. The van der Waals surface area contributed by atoms with Crippen LogP contribution in [0.3, 0.4) is 0 Å². The number of aryl methyl sites for hydroxylation is 2. The lowest BCUT2D eigenvalue weighted by Crippen LogP contribution is -2.40. The van der Waals surface area contributed by atoms with Crippen LogP contribution in [0.1, 0.15) is 46.0 Å². The number of aromatic nitrogens is 2. The molecular weight excluding hydrogens is 246 g/mol. The third-order valence-corrected chi connectivity index (χ3v) is 3.92. The van der Waals surface area contributed by atoms with Gasteiger partial charge in [-0.25, -0.2) is 0 Å². The zero-order valence-corrected chi connectivity index (χ0v) is 13.2. The molecule has 0 amide bonds. The van der Waals surface area contributed by atoms with Gasteiger partial charge in [0, 0.05) is 19.0 Å². The summed E-state index contributed by atoms with van der Waals surface area (Å²) in [6.45, 7) is 11.8. The molecule has 0 aliphatic heterocycles. The summed E-state index contributed by atoms with van der Waals surface area (Å²) in [6, 6.07) is 0.390. The van der Waals surface area contributed by atoms with Gasteiger partial charge in [0.1, 0.15) is 0 Å². The Bertz CT molecular complexity index is 390. The molecule has 0 saturated carbocycles. The fourth-order valence-electron chi connectivity index (χ4n) is 2.25. The predicted molar refractivity (Wildman–Crippen MR) is 78.3 cm³/mol. The van der Waals surface area contributed by atoms with Gasteiger partial charge in [0.25, 0.3) is 0 Å². The fourth-order valence-corrected chi connectivity index (χ4v) is 2.59. The molecule has 1 aromatic rings. The summed E-state index contributed by atoms with van der Waals surface area (Å²) in [4.78, 5) is 0. The molecule has 0 saturated heterocycles. The van der Waals surface area contributed by atoms with Crippen molar-refractivity contribution in [3.05, 3.63) is 16.4 Å². The molecule has 0 bridgehead atoms. The Kier molecular flexibility index (Phi) is 5.23. The molecule has 18 heavy (non-hydrogen) atoms. The summed E-state index contributed by atoms with van der Waals surface area (Å²) in [6.07, 6.45) is 1.80. The summed E-state index contributed by atoms with van der Waals surface area (Å²) in [5, 5.41) is 8.82. The van der Waals surface area contributed by atoms with E-state index in [1.165, 1.54) is 0 Å². The molecule has 1 atom stereocenters. The summed E-state index contributed by atoms with van der Waals surface area (Å²) < 4.78 is 2.04. The van der Waals surface area contributed by atoms with Gasteiger partial charge >= 0.3 is 0 Å². The molecule has 0 radical (unpaired) electrons. The molecule has 4 heteroatoms. The molecule has 0 fully saturated rings. The van der Waals surface area contributed by atoms with E-state index in [0.717, 1.165) is 35.8 Å². The van der Waals surface area contributed by atoms with Crippen LogP contribution in [-0.2, 0) is 19.4 Å². The van der Waals surface area contributed by atoms with Gasteiger partial charge < -0.3 is 5.32 Å². The van der Waals surface area contributed by atoms with Crippen LogP contribution < -0.4 is 5.32 Å². The molecule has 3 nitrogen and oxygen atoms in total. The van der Waals surface area contributed by atoms with E-state index < -0.39 is 0 Å². The van der Waals surface area contributed by atoms with Gasteiger partial charge in [0.15, 0.2) is 0 Å². The number of nitrogens with one attached hydrogen (secondary N) is 1. The fraction of sp³-hybridized carbons (Fsp3) is 0.786. The van der Waals surface area contributed by atoms with Crippen molar-refractivity contribution in [2.24, 2.45) is 5.41 Å². The second-order valence-electron chi connectivity index (χ2n) is 5.79. The first-order valence-corrected chi connectivity index (χ1v) is 7.14. The van der Waals surface area contributed by atoms with Crippen molar-refractivity contribution in [2.45, 2.75) is 60.0 Å². The second kappa shape index (κ2) is 6.07. The third-order valence-electron chi connectivity index (χ3n) is 3.49. The van der Waals surface area contributed by atoms with E-state index in [1.807, 2.05) is 11.7 Å². The minimum atomic E-state index is 0.202. The van der Waals surface area contributed by atoms with E-state index in [4.69, 9.17) is 11.6 Å². The maximum absolute atomic E-state index is 6.45. The van der Waals surface area contributed by atoms with Crippen molar-refractivity contribution in [3.8, 4) is 0 Å². The minimum absolute atomic E-state index is 0.202. The first-order valence-electron chi connectivity index (χ1n) is 6.76. The standard InChI is InChI=1S/C14H26ClN3/c1-7-10-13(15)11(18(8-2)17-10)9-12(16-6)14(3,4)5/h12,16H,7-9H2,1-6H3. The molecular formula is C14H26ClN3. The molecule has 1 rings (SSSR count). The highest BCUT2D eigenvalue weighted by Gasteiger charge is 2.26. The topological polar surface area (TPSA) is 29.9 Å². The average molecular weight is 272 g/mol. The molecule has 1 heterocycles. The first-order chi connectivity index (χ1) is 8.35. The SMILES string of the molecule is CCc1nn(CC)c(CC(NC)C(C)(C)C)c1Cl. The maximum Gasteiger partial charge on any atom is 0.0850 e. The van der Waals surface area contributed by atoms with E-state index in [0.29, 0.717) is 6.04 Å². The molecule has 0 aliphatic carbocycles. The van der Waals surface area contributed by atoms with Gasteiger partial charge in [-0.3, -0.25) is 4.68 Å². The van der Waals surface area contributed by atoms with Crippen LogP contribution in [0.15, 0.2) is 0 Å². The normalized spacial score (nSPS) is 13.9. The van der Waals surface area contributed by atoms with Crippen LogP contribution in [0.4, 0.5) is 0 Å². The monoisotopic (exact) mass is 271 g/mol. The largest absolute Gasteiger partial charge is 0.316 e. The number of likely N-dealkylation sites (N-methyl/N-ethyl adjacent to an activating group) is 1. The number of hydrogen-bond donors (Lipinski definition) is 1. The maximum atomic E-state index is 6.45. The first kappa shape index (κ1) is 15.5. The number of rotatable bonds is 5. The van der Waals surface area contributed by atoms with E-state index in [9.17, 15) is 0 Å². The Morgan fingerprint density at radius 2 is 1.94 bits per heavy atom. The Balaban J connectivity index is 3.05. The van der Waals surface area contributed by atoms with Crippen LogP contribution in [0.5, 0.6) is 0 Å². The van der Waals surface area contributed by atoms with Crippen molar-refractivity contribution < 1.29 is 0 Å². The molecule has 0 spiro atoms. The summed E-state index contributed by atoms with van der Waals surface area (Å²) in [7, 11) is 2.01. The van der Waals surface area contributed by atoms with Gasteiger partial charge in [0.2, 0.25) is 0 Å². The van der Waals surface area contributed by atoms with Crippen LogP contribution in [0.2, 0.25) is 5.02 Å². The molecule has 1 unspecified atom stereocenters. The van der Waals surface area contributed by atoms with Crippen molar-refractivity contribution in [2.75, 3.05) is 7.05 Å². The van der Waals surface area contributed by atoms with E-state index in [2.05, 4.69) is 45.0 Å². The Labute approximate surface area is 116 Å². The van der Waals surface area contributed by atoms with Crippen LogP contribution in [-0.4, -0.2) is 22.9 Å². The summed E-state index contributed by atoms with van der Waals surface area (Å²) in [5.74, 6) is 0. The zero-order valence-electron chi connectivity index (χ0n) is 12.5. The number of halogens is 1. The van der Waals surface area contributed by atoms with Gasteiger partial charge in [-0.1, -0.05) is 39.3 Å².